The number of anilines is 1. The molecule has 0 radical (unpaired) electrons. The summed E-state index contributed by atoms with van der Waals surface area (Å²) >= 11 is 1.58. The van der Waals surface area contributed by atoms with E-state index in [4.69, 9.17) is 0 Å². The highest BCUT2D eigenvalue weighted by molar-refractivity contribution is 7.99. The van der Waals surface area contributed by atoms with Crippen molar-refractivity contribution in [1.82, 2.24) is 10.3 Å². The van der Waals surface area contributed by atoms with Crippen LogP contribution in [0, 0.1) is 0 Å². The zero-order chi connectivity index (χ0) is 12.5. The summed E-state index contributed by atoms with van der Waals surface area (Å²) in [4.78, 5) is 15.5. The van der Waals surface area contributed by atoms with Crippen LogP contribution in [0.3, 0.4) is 0 Å². The second-order valence-electron chi connectivity index (χ2n) is 3.51. The van der Waals surface area contributed by atoms with Crippen molar-refractivity contribution in [3.05, 3.63) is 24.0 Å². The van der Waals surface area contributed by atoms with Crippen molar-refractivity contribution in [2.45, 2.75) is 19.6 Å². The van der Waals surface area contributed by atoms with Gasteiger partial charge in [-0.2, -0.15) is 0 Å². The van der Waals surface area contributed by atoms with Gasteiger partial charge in [-0.15, -0.1) is 11.8 Å². The van der Waals surface area contributed by atoms with Crippen LogP contribution >= 0.6 is 11.8 Å². The van der Waals surface area contributed by atoms with E-state index in [9.17, 15) is 4.79 Å². The Morgan fingerprint density at radius 3 is 2.94 bits per heavy atom. The normalized spacial score (nSPS) is 10.0. The van der Waals surface area contributed by atoms with Gasteiger partial charge in [-0.25, -0.2) is 0 Å². The van der Waals surface area contributed by atoms with E-state index in [1.807, 2.05) is 19.1 Å². The lowest BCUT2D eigenvalue weighted by atomic mass is 10.3. The van der Waals surface area contributed by atoms with Gasteiger partial charge in [-0.05, 0) is 26.0 Å². The topological polar surface area (TPSA) is 54.0 Å². The van der Waals surface area contributed by atoms with Gasteiger partial charge in [0.05, 0.1) is 11.4 Å². The maximum absolute atomic E-state index is 11.2. The molecule has 0 fully saturated rings. The molecule has 1 aromatic rings. The fraction of sp³-hybridized carbons (Fsp3) is 0.500. The smallest absolute Gasteiger partial charge is 0.229 e. The Hall–Kier alpha value is -1.23. The van der Waals surface area contributed by atoms with Crippen molar-refractivity contribution < 1.29 is 4.79 Å². The molecular weight excluding hydrogens is 234 g/mol. The lowest BCUT2D eigenvalue weighted by Gasteiger charge is -2.05. The number of thioether (sulfide) groups is 1. The van der Waals surface area contributed by atoms with Crippen LogP contribution in [0.2, 0.25) is 0 Å². The van der Waals surface area contributed by atoms with Crippen molar-refractivity contribution >= 4 is 23.4 Å². The summed E-state index contributed by atoms with van der Waals surface area (Å²) in [6.45, 7) is 5.57. The summed E-state index contributed by atoms with van der Waals surface area (Å²) < 4.78 is 0. The lowest BCUT2D eigenvalue weighted by Crippen LogP contribution is -2.24. The molecule has 0 aromatic carbocycles. The Bertz CT molecular complexity index is 357. The van der Waals surface area contributed by atoms with Crippen molar-refractivity contribution in [3.8, 4) is 0 Å². The second kappa shape index (κ2) is 7.95. The highest BCUT2D eigenvalue weighted by atomic mass is 32.2. The number of hydrogen-bond donors (Lipinski definition) is 2. The molecule has 1 rings (SSSR count). The summed E-state index contributed by atoms with van der Waals surface area (Å²) in [6, 6.07) is 3.97. The molecule has 0 saturated heterocycles. The first kappa shape index (κ1) is 13.8. The van der Waals surface area contributed by atoms with E-state index >= 15 is 0 Å². The fourth-order valence-electron chi connectivity index (χ4n) is 1.37. The van der Waals surface area contributed by atoms with Gasteiger partial charge < -0.3 is 10.6 Å². The number of carbonyl (C=O) groups is 1. The average Bonchev–Trinajstić information content (AvgIpc) is 2.30. The number of nitrogens with zero attached hydrogens (tertiary/aromatic N) is 1. The van der Waals surface area contributed by atoms with E-state index in [0.29, 0.717) is 12.3 Å². The number of nitrogens with one attached hydrogen (secondary N) is 2. The molecule has 0 atom stereocenters. The van der Waals surface area contributed by atoms with Gasteiger partial charge in [0, 0.05) is 30.7 Å². The molecule has 1 heterocycles. The average molecular weight is 253 g/mol. The highest BCUT2D eigenvalue weighted by Crippen LogP contribution is 2.13. The summed E-state index contributed by atoms with van der Waals surface area (Å²) in [5, 5.41) is 6.01. The Morgan fingerprint density at radius 1 is 1.41 bits per heavy atom. The van der Waals surface area contributed by atoms with Gasteiger partial charge in [0.2, 0.25) is 5.91 Å². The van der Waals surface area contributed by atoms with Crippen LogP contribution in [0.25, 0.3) is 0 Å². The maximum Gasteiger partial charge on any atom is 0.229 e. The SMILES string of the molecule is CCNC(=O)CSCc1cc(NCC)ccn1. The third-order valence-electron chi connectivity index (χ3n) is 2.05. The van der Waals surface area contributed by atoms with E-state index in [-0.39, 0.29) is 5.91 Å². The molecule has 0 unspecified atom stereocenters. The molecule has 2 N–H and O–H groups in total. The van der Waals surface area contributed by atoms with E-state index in [1.54, 1.807) is 18.0 Å². The fourth-order valence-corrected chi connectivity index (χ4v) is 2.12. The number of carbonyl (C=O) groups excluding carboxylic acids is 1. The first-order valence-electron chi connectivity index (χ1n) is 5.79. The Balaban J connectivity index is 2.35. The van der Waals surface area contributed by atoms with Gasteiger partial charge >= 0.3 is 0 Å². The van der Waals surface area contributed by atoms with Crippen molar-refractivity contribution in [1.29, 1.82) is 0 Å². The van der Waals surface area contributed by atoms with Gasteiger partial charge in [-0.1, -0.05) is 0 Å². The molecule has 0 aliphatic carbocycles. The quantitative estimate of drug-likeness (QED) is 0.779. The molecule has 0 aliphatic heterocycles. The monoisotopic (exact) mass is 253 g/mol. The highest BCUT2D eigenvalue weighted by Gasteiger charge is 2.01. The van der Waals surface area contributed by atoms with Gasteiger partial charge in [0.15, 0.2) is 0 Å². The van der Waals surface area contributed by atoms with Gasteiger partial charge in [-0.3, -0.25) is 9.78 Å². The molecule has 0 bridgehead atoms. The first-order valence-corrected chi connectivity index (χ1v) is 6.95. The number of aromatic nitrogens is 1. The van der Waals surface area contributed by atoms with E-state index in [1.165, 1.54) is 0 Å². The molecule has 0 aliphatic rings. The second-order valence-corrected chi connectivity index (χ2v) is 4.50. The zero-order valence-corrected chi connectivity index (χ0v) is 11.1. The van der Waals surface area contributed by atoms with Crippen LogP contribution in [0.15, 0.2) is 18.3 Å². The Kier molecular flexibility index (Phi) is 6.47. The molecule has 0 saturated carbocycles. The maximum atomic E-state index is 11.2. The number of rotatable bonds is 7. The molecule has 1 amide bonds. The van der Waals surface area contributed by atoms with Crippen LogP contribution < -0.4 is 10.6 Å². The summed E-state index contributed by atoms with van der Waals surface area (Å²) in [6.07, 6.45) is 1.79. The minimum absolute atomic E-state index is 0.0836. The molecule has 0 spiro atoms. The minimum atomic E-state index is 0.0836. The largest absolute Gasteiger partial charge is 0.385 e. The van der Waals surface area contributed by atoms with Crippen molar-refractivity contribution in [2.75, 3.05) is 24.2 Å². The predicted molar refractivity (Wildman–Crippen MR) is 73.2 cm³/mol. The van der Waals surface area contributed by atoms with Crippen LogP contribution in [0.5, 0.6) is 0 Å². The Labute approximate surface area is 107 Å². The van der Waals surface area contributed by atoms with Gasteiger partial charge in [0.25, 0.3) is 0 Å². The van der Waals surface area contributed by atoms with E-state index in [0.717, 1.165) is 23.7 Å². The molecular formula is C12H19N3OS. The molecule has 94 valence electrons. The number of pyridine rings is 1. The minimum Gasteiger partial charge on any atom is -0.385 e. The van der Waals surface area contributed by atoms with Crippen LogP contribution in [0.4, 0.5) is 5.69 Å². The third kappa shape index (κ3) is 5.58. The van der Waals surface area contributed by atoms with Gasteiger partial charge in [0.1, 0.15) is 0 Å². The summed E-state index contributed by atoms with van der Waals surface area (Å²) in [5.74, 6) is 1.33. The number of hydrogen-bond acceptors (Lipinski definition) is 4. The molecule has 4 nitrogen and oxygen atoms in total. The third-order valence-corrected chi connectivity index (χ3v) is 3.02. The first-order chi connectivity index (χ1) is 8.26. The van der Waals surface area contributed by atoms with Crippen molar-refractivity contribution in [3.63, 3.8) is 0 Å². The lowest BCUT2D eigenvalue weighted by molar-refractivity contribution is -0.118. The van der Waals surface area contributed by atoms with E-state index in [2.05, 4.69) is 22.5 Å². The summed E-state index contributed by atoms with van der Waals surface area (Å²) in [7, 11) is 0. The molecule has 1 aromatic heterocycles. The van der Waals surface area contributed by atoms with Crippen LogP contribution in [-0.2, 0) is 10.5 Å². The van der Waals surface area contributed by atoms with Crippen molar-refractivity contribution in [2.24, 2.45) is 0 Å². The number of amides is 1. The summed E-state index contributed by atoms with van der Waals surface area (Å²) in [5.41, 5.74) is 2.08. The van der Waals surface area contributed by atoms with Crippen LogP contribution in [0.1, 0.15) is 19.5 Å². The predicted octanol–water partition coefficient (Wildman–Crippen LogP) is 1.88. The van der Waals surface area contributed by atoms with E-state index < -0.39 is 0 Å². The van der Waals surface area contributed by atoms with Crippen LogP contribution in [-0.4, -0.2) is 29.7 Å². The zero-order valence-electron chi connectivity index (χ0n) is 10.3. The Morgan fingerprint density at radius 2 is 2.24 bits per heavy atom. The molecule has 17 heavy (non-hydrogen) atoms. The molecule has 5 heteroatoms. The standard InChI is InChI=1S/C12H19N3OS/c1-3-13-10-5-6-15-11(7-10)8-17-9-12(16)14-4-2/h5-7H,3-4,8-9H2,1-2H3,(H,13,15)(H,14,16).